The summed E-state index contributed by atoms with van der Waals surface area (Å²) in [5.41, 5.74) is 5.05. The first-order valence-electron chi connectivity index (χ1n) is 5.49. The third kappa shape index (κ3) is 4.61. The molecule has 0 aliphatic rings. The van der Waals surface area contributed by atoms with Crippen molar-refractivity contribution in [3.05, 3.63) is 36.5 Å². The molecule has 0 unspecified atom stereocenters. The Bertz CT molecular complexity index is 528. The lowest BCUT2D eigenvalue weighted by molar-refractivity contribution is -0.123. The van der Waals surface area contributed by atoms with Gasteiger partial charge in [0.1, 0.15) is 0 Å². The Kier molecular flexibility index (Phi) is 5.08. The maximum absolute atomic E-state index is 13.6. The first kappa shape index (κ1) is 15.5. The molecule has 8 heteroatoms. The van der Waals surface area contributed by atoms with Crippen molar-refractivity contribution >= 4 is 11.9 Å². The molecule has 2 N–H and O–H groups in total. The number of carbonyl (C=O) groups excluding carboxylic acids is 2. The van der Waals surface area contributed by atoms with Gasteiger partial charge in [-0.15, -0.1) is 0 Å². The second-order valence-corrected chi connectivity index (χ2v) is 3.91. The van der Waals surface area contributed by atoms with Crippen molar-refractivity contribution in [1.82, 2.24) is 9.88 Å². The van der Waals surface area contributed by atoms with Crippen LogP contribution in [0.5, 0.6) is 0 Å². The Morgan fingerprint density at radius 1 is 1.55 bits per heavy atom. The molecule has 1 aromatic rings. The number of rotatable bonds is 5. The van der Waals surface area contributed by atoms with Crippen LogP contribution in [0.1, 0.15) is 12.0 Å². The molecule has 105 valence electrons. The van der Waals surface area contributed by atoms with E-state index in [1.165, 1.54) is 30.7 Å². The van der Waals surface area contributed by atoms with Crippen LogP contribution in [-0.4, -0.2) is 27.7 Å². The molecular formula is C12H11F2N4O2. The highest BCUT2D eigenvalue weighted by Gasteiger charge is 2.32. The summed E-state index contributed by atoms with van der Waals surface area (Å²) in [5.74, 6) is -4.37. The lowest BCUT2D eigenvalue weighted by Crippen LogP contribution is -2.38. The second kappa shape index (κ2) is 6.56. The summed E-state index contributed by atoms with van der Waals surface area (Å²) < 4.78 is 27.2. The molecule has 1 radical (unpaired) electrons. The highest BCUT2D eigenvalue weighted by atomic mass is 19.3. The van der Waals surface area contributed by atoms with Crippen molar-refractivity contribution in [2.75, 3.05) is 0 Å². The Morgan fingerprint density at radius 2 is 2.25 bits per heavy atom. The fourth-order valence-corrected chi connectivity index (χ4v) is 1.41. The third-order valence-corrected chi connectivity index (χ3v) is 2.30. The first-order chi connectivity index (χ1) is 9.35. The van der Waals surface area contributed by atoms with E-state index >= 15 is 0 Å². The van der Waals surface area contributed by atoms with E-state index in [0.717, 1.165) is 0 Å². The van der Waals surface area contributed by atoms with Crippen LogP contribution in [0, 0.1) is 17.9 Å². The predicted octanol–water partition coefficient (Wildman–Crippen LogP) is 1.24. The largest absolute Gasteiger partial charge is 0.350 e. The molecule has 0 saturated heterocycles. The van der Waals surface area contributed by atoms with Crippen LogP contribution in [0.15, 0.2) is 24.5 Å². The van der Waals surface area contributed by atoms with Gasteiger partial charge in [0.15, 0.2) is 6.19 Å². The number of amides is 3. The highest BCUT2D eigenvalue weighted by molar-refractivity contribution is 5.99. The number of halogens is 2. The zero-order valence-corrected chi connectivity index (χ0v) is 10.3. The van der Waals surface area contributed by atoms with Gasteiger partial charge in [0.2, 0.25) is 5.91 Å². The summed E-state index contributed by atoms with van der Waals surface area (Å²) in [6.45, 7) is 0. The Morgan fingerprint density at radius 3 is 2.75 bits per heavy atom. The molecule has 0 fully saturated rings. The van der Waals surface area contributed by atoms with Gasteiger partial charge < -0.3 is 5.73 Å². The summed E-state index contributed by atoms with van der Waals surface area (Å²) >= 11 is 0. The number of alkyl halides is 2. The fraction of sp³-hybridized carbons (Fsp3) is 0.250. The minimum Gasteiger partial charge on any atom is -0.350 e. The molecule has 20 heavy (non-hydrogen) atoms. The van der Waals surface area contributed by atoms with Crippen molar-refractivity contribution in [1.29, 1.82) is 5.26 Å². The zero-order valence-electron chi connectivity index (χ0n) is 10.3. The van der Waals surface area contributed by atoms with Crippen molar-refractivity contribution < 1.29 is 18.4 Å². The monoisotopic (exact) mass is 281 g/mol. The fourth-order valence-electron chi connectivity index (χ4n) is 1.41. The second-order valence-electron chi connectivity index (χ2n) is 3.91. The molecule has 3 amide bonds. The molecule has 1 heterocycles. The molecule has 1 aromatic heterocycles. The van der Waals surface area contributed by atoms with Gasteiger partial charge in [-0.2, -0.15) is 10.2 Å². The maximum atomic E-state index is 13.6. The molecular weight excluding hydrogens is 270 g/mol. The summed E-state index contributed by atoms with van der Waals surface area (Å²) in [6, 6.07) is 1.68. The standard InChI is InChI=1S/C12H11F2N4O2/c13-12(14,6-9-2-1-5-17-7-9)4-3-10(19)18(8-15)11(16)20/h1-3,5,7H,4,6H2,(H2,16,20). The van der Waals surface area contributed by atoms with Gasteiger partial charge in [-0.25, -0.2) is 13.6 Å². The van der Waals surface area contributed by atoms with Crippen LogP contribution in [0.3, 0.4) is 0 Å². The number of nitrogens with zero attached hydrogens (tertiary/aromatic N) is 3. The van der Waals surface area contributed by atoms with Gasteiger partial charge in [0.25, 0.3) is 5.92 Å². The number of primary amides is 1. The summed E-state index contributed by atoms with van der Waals surface area (Å²) in [6.07, 6.45) is 3.00. The number of pyridine rings is 1. The predicted molar refractivity (Wildman–Crippen MR) is 63.8 cm³/mol. The van der Waals surface area contributed by atoms with E-state index < -0.39 is 30.7 Å². The molecule has 0 aromatic carbocycles. The van der Waals surface area contributed by atoms with Crippen LogP contribution in [0.2, 0.25) is 0 Å². The van der Waals surface area contributed by atoms with Crippen molar-refractivity contribution in [2.45, 2.75) is 18.8 Å². The lowest BCUT2D eigenvalue weighted by atomic mass is 10.0. The van der Waals surface area contributed by atoms with Crippen LogP contribution in [0.25, 0.3) is 0 Å². The molecule has 0 saturated carbocycles. The SMILES string of the molecule is N#CN(C(N)=O)C(=O)[CH]CC(F)(F)Cc1cccnc1. The Balaban J connectivity index is 2.57. The molecule has 1 rings (SSSR count). The summed E-state index contributed by atoms with van der Waals surface area (Å²) in [4.78, 5) is 25.7. The number of hydrogen-bond donors (Lipinski definition) is 1. The van der Waals surface area contributed by atoms with Crippen LogP contribution in [0.4, 0.5) is 13.6 Å². The van der Waals surface area contributed by atoms with E-state index in [4.69, 9.17) is 11.0 Å². The number of nitriles is 1. The van der Waals surface area contributed by atoms with Crippen LogP contribution < -0.4 is 5.73 Å². The van der Waals surface area contributed by atoms with Gasteiger partial charge >= 0.3 is 6.03 Å². The lowest BCUT2D eigenvalue weighted by Gasteiger charge is -2.16. The minimum absolute atomic E-state index is 0.000151. The molecule has 6 nitrogen and oxygen atoms in total. The average Bonchev–Trinajstić information content (AvgIpc) is 2.37. The van der Waals surface area contributed by atoms with E-state index in [0.29, 0.717) is 12.0 Å². The van der Waals surface area contributed by atoms with E-state index in [2.05, 4.69) is 4.98 Å². The van der Waals surface area contributed by atoms with E-state index in [1.54, 1.807) is 0 Å². The van der Waals surface area contributed by atoms with E-state index in [9.17, 15) is 18.4 Å². The van der Waals surface area contributed by atoms with Crippen LogP contribution in [-0.2, 0) is 11.2 Å². The number of urea groups is 1. The maximum Gasteiger partial charge on any atom is 0.335 e. The zero-order chi connectivity index (χ0) is 15.2. The number of imide groups is 1. The minimum atomic E-state index is -3.20. The van der Waals surface area contributed by atoms with Crippen molar-refractivity contribution in [2.24, 2.45) is 5.73 Å². The van der Waals surface area contributed by atoms with Gasteiger partial charge in [0, 0.05) is 25.2 Å². The normalized spacial score (nSPS) is 10.7. The van der Waals surface area contributed by atoms with Gasteiger partial charge in [-0.1, -0.05) is 6.07 Å². The topological polar surface area (TPSA) is 100 Å². The number of carbonyl (C=O) groups is 2. The van der Waals surface area contributed by atoms with Gasteiger partial charge in [-0.3, -0.25) is 9.78 Å². The highest BCUT2D eigenvalue weighted by Crippen LogP contribution is 2.25. The molecule has 0 bridgehead atoms. The first-order valence-corrected chi connectivity index (χ1v) is 5.49. The molecule has 0 aliphatic carbocycles. The number of nitrogens with two attached hydrogens (primary N) is 1. The average molecular weight is 281 g/mol. The Hall–Kier alpha value is -2.56. The van der Waals surface area contributed by atoms with E-state index in [-0.39, 0.29) is 4.90 Å². The van der Waals surface area contributed by atoms with E-state index in [1.807, 2.05) is 0 Å². The van der Waals surface area contributed by atoms with Gasteiger partial charge in [-0.05, 0) is 11.6 Å². The van der Waals surface area contributed by atoms with Gasteiger partial charge in [0.05, 0.1) is 6.42 Å². The number of hydrogen-bond acceptors (Lipinski definition) is 4. The molecule has 0 spiro atoms. The summed E-state index contributed by atoms with van der Waals surface area (Å²) in [7, 11) is 0. The quantitative estimate of drug-likeness (QED) is 0.648. The number of aromatic nitrogens is 1. The van der Waals surface area contributed by atoms with Crippen molar-refractivity contribution in [3.8, 4) is 6.19 Å². The third-order valence-electron chi connectivity index (χ3n) is 2.30. The Labute approximate surface area is 113 Å². The van der Waals surface area contributed by atoms with Crippen molar-refractivity contribution in [3.63, 3.8) is 0 Å². The summed E-state index contributed by atoms with van der Waals surface area (Å²) in [5, 5.41) is 8.47. The van der Waals surface area contributed by atoms with Crippen LogP contribution >= 0.6 is 0 Å². The smallest absolute Gasteiger partial charge is 0.335 e. The molecule has 0 aliphatic heterocycles. The molecule has 0 atom stereocenters.